The second-order valence-corrected chi connectivity index (χ2v) is 6.90. The Hall–Kier alpha value is -2.33. The second kappa shape index (κ2) is 6.89. The lowest BCUT2D eigenvalue weighted by Crippen LogP contribution is -2.39. The Morgan fingerprint density at radius 1 is 1.08 bits per heavy atom. The molecule has 1 saturated heterocycles. The average Bonchev–Trinajstić information content (AvgIpc) is 3.16. The smallest absolute Gasteiger partial charge is 0.259 e. The maximum absolute atomic E-state index is 13.1. The summed E-state index contributed by atoms with van der Waals surface area (Å²) in [5, 5.41) is 0. The van der Waals surface area contributed by atoms with Crippen molar-refractivity contribution >= 4 is 23.2 Å². The molecule has 0 unspecified atom stereocenters. The molecular formula is C21H24N2O2. The number of furan rings is 1. The number of piperidine rings is 1. The standard InChI is InChI=1S/C21H24N2O2/c1-16-9-14-25-20(16)15-18-17-7-3-4-8-19(17)23(21(18)24)13-12-22-10-5-2-6-11-22/h3-4,7-9,14-15H,2,5-6,10-13H2,1H3/b18-15-. The fourth-order valence-electron chi connectivity index (χ4n) is 3.76. The quantitative estimate of drug-likeness (QED) is 0.793. The summed E-state index contributed by atoms with van der Waals surface area (Å²) >= 11 is 0. The van der Waals surface area contributed by atoms with Crippen LogP contribution in [0, 0.1) is 6.92 Å². The predicted octanol–water partition coefficient (Wildman–Crippen LogP) is 3.96. The minimum atomic E-state index is 0.0778. The SMILES string of the molecule is Cc1ccoc1/C=C1\C(=O)N(CCN2CCCCC2)c2ccccc21. The summed E-state index contributed by atoms with van der Waals surface area (Å²) in [5.74, 6) is 0.838. The van der Waals surface area contributed by atoms with Crippen molar-refractivity contribution in [3.05, 3.63) is 53.5 Å². The number of benzene rings is 1. The molecule has 130 valence electrons. The fraction of sp³-hybridized carbons (Fsp3) is 0.381. The first kappa shape index (κ1) is 16.2. The van der Waals surface area contributed by atoms with Crippen LogP contribution >= 0.6 is 0 Å². The lowest BCUT2D eigenvalue weighted by molar-refractivity contribution is -0.113. The van der Waals surface area contributed by atoms with Crippen LogP contribution in [0.3, 0.4) is 0 Å². The Morgan fingerprint density at radius 2 is 1.88 bits per heavy atom. The zero-order valence-electron chi connectivity index (χ0n) is 14.7. The van der Waals surface area contributed by atoms with Crippen LogP contribution in [0.5, 0.6) is 0 Å². The van der Waals surface area contributed by atoms with Crippen molar-refractivity contribution < 1.29 is 9.21 Å². The molecule has 25 heavy (non-hydrogen) atoms. The van der Waals surface area contributed by atoms with Crippen molar-refractivity contribution in [2.75, 3.05) is 31.1 Å². The highest BCUT2D eigenvalue weighted by Crippen LogP contribution is 2.37. The molecule has 0 N–H and O–H groups in total. The lowest BCUT2D eigenvalue weighted by atomic mass is 10.1. The first-order chi connectivity index (χ1) is 12.2. The monoisotopic (exact) mass is 336 g/mol. The summed E-state index contributed by atoms with van der Waals surface area (Å²) in [5.41, 5.74) is 3.79. The van der Waals surface area contributed by atoms with Crippen LogP contribution in [0.15, 0.2) is 41.0 Å². The number of hydrogen-bond donors (Lipinski definition) is 0. The number of carbonyl (C=O) groups excluding carboxylic acids is 1. The largest absolute Gasteiger partial charge is 0.465 e. The molecule has 2 aromatic rings. The van der Waals surface area contributed by atoms with Gasteiger partial charge in [-0.1, -0.05) is 24.6 Å². The van der Waals surface area contributed by atoms with Crippen molar-refractivity contribution in [1.29, 1.82) is 0 Å². The number of rotatable bonds is 4. The molecule has 1 fully saturated rings. The number of anilines is 1. The summed E-state index contributed by atoms with van der Waals surface area (Å²) < 4.78 is 5.52. The molecule has 4 rings (SSSR count). The molecule has 1 aromatic heterocycles. The number of amides is 1. The third-order valence-corrected chi connectivity index (χ3v) is 5.23. The van der Waals surface area contributed by atoms with E-state index in [1.54, 1.807) is 6.26 Å². The van der Waals surface area contributed by atoms with E-state index in [1.165, 1.54) is 19.3 Å². The predicted molar refractivity (Wildman–Crippen MR) is 100 cm³/mol. The highest BCUT2D eigenvalue weighted by atomic mass is 16.3. The van der Waals surface area contributed by atoms with E-state index in [0.29, 0.717) is 0 Å². The van der Waals surface area contributed by atoms with Crippen LogP contribution in [0.1, 0.15) is 36.1 Å². The molecular weight excluding hydrogens is 312 g/mol. The molecule has 4 nitrogen and oxygen atoms in total. The molecule has 0 spiro atoms. The number of hydrogen-bond acceptors (Lipinski definition) is 3. The lowest BCUT2D eigenvalue weighted by Gasteiger charge is -2.28. The van der Waals surface area contributed by atoms with Gasteiger partial charge in [-0.25, -0.2) is 0 Å². The zero-order chi connectivity index (χ0) is 17.2. The van der Waals surface area contributed by atoms with Gasteiger partial charge in [0.15, 0.2) is 0 Å². The Morgan fingerprint density at radius 3 is 2.64 bits per heavy atom. The van der Waals surface area contributed by atoms with Crippen LogP contribution in [0.2, 0.25) is 0 Å². The fourth-order valence-corrected chi connectivity index (χ4v) is 3.76. The van der Waals surface area contributed by atoms with Crippen molar-refractivity contribution in [2.24, 2.45) is 0 Å². The third-order valence-electron chi connectivity index (χ3n) is 5.23. The molecule has 1 aromatic carbocycles. The van der Waals surface area contributed by atoms with Gasteiger partial charge >= 0.3 is 0 Å². The van der Waals surface area contributed by atoms with E-state index in [4.69, 9.17) is 4.42 Å². The van der Waals surface area contributed by atoms with Gasteiger partial charge in [-0.2, -0.15) is 0 Å². The average molecular weight is 336 g/mol. The maximum Gasteiger partial charge on any atom is 0.259 e. The van der Waals surface area contributed by atoms with E-state index in [9.17, 15) is 4.79 Å². The number of nitrogens with zero attached hydrogens (tertiary/aromatic N) is 2. The Kier molecular flexibility index (Phi) is 4.45. The van der Waals surface area contributed by atoms with E-state index >= 15 is 0 Å². The van der Waals surface area contributed by atoms with E-state index in [1.807, 2.05) is 48.2 Å². The first-order valence-electron chi connectivity index (χ1n) is 9.13. The highest BCUT2D eigenvalue weighted by Gasteiger charge is 2.32. The van der Waals surface area contributed by atoms with Crippen molar-refractivity contribution in [3.8, 4) is 0 Å². The molecule has 4 heteroatoms. The van der Waals surface area contributed by atoms with Gasteiger partial charge in [-0.3, -0.25) is 4.79 Å². The van der Waals surface area contributed by atoms with Crippen LogP contribution in [0.25, 0.3) is 11.6 Å². The van der Waals surface area contributed by atoms with E-state index in [0.717, 1.165) is 54.3 Å². The van der Waals surface area contributed by atoms with Gasteiger partial charge < -0.3 is 14.2 Å². The summed E-state index contributed by atoms with van der Waals surface area (Å²) in [7, 11) is 0. The number of fused-ring (bicyclic) bond motifs is 1. The summed E-state index contributed by atoms with van der Waals surface area (Å²) in [6, 6.07) is 9.98. The number of carbonyl (C=O) groups is 1. The Bertz CT molecular complexity index is 800. The number of para-hydroxylation sites is 1. The minimum Gasteiger partial charge on any atom is -0.465 e. The van der Waals surface area contributed by atoms with Gasteiger partial charge in [0.25, 0.3) is 5.91 Å². The van der Waals surface area contributed by atoms with E-state index in [2.05, 4.69) is 4.90 Å². The van der Waals surface area contributed by atoms with Crippen LogP contribution < -0.4 is 4.90 Å². The van der Waals surface area contributed by atoms with Gasteiger partial charge in [0.2, 0.25) is 0 Å². The van der Waals surface area contributed by atoms with Crippen LogP contribution in [-0.2, 0) is 4.79 Å². The Labute approximate surface area is 148 Å². The van der Waals surface area contributed by atoms with Crippen molar-refractivity contribution in [3.63, 3.8) is 0 Å². The summed E-state index contributed by atoms with van der Waals surface area (Å²) in [6.07, 6.45) is 7.43. The molecule has 0 aliphatic carbocycles. The first-order valence-corrected chi connectivity index (χ1v) is 9.13. The van der Waals surface area contributed by atoms with Crippen LogP contribution in [0.4, 0.5) is 5.69 Å². The number of likely N-dealkylation sites (tertiary alicyclic amines) is 1. The molecule has 0 saturated carbocycles. The van der Waals surface area contributed by atoms with Crippen molar-refractivity contribution in [1.82, 2.24) is 4.90 Å². The molecule has 3 heterocycles. The zero-order valence-corrected chi connectivity index (χ0v) is 14.7. The van der Waals surface area contributed by atoms with Gasteiger partial charge in [-0.05, 0) is 56.6 Å². The van der Waals surface area contributed by atoms with Crippen LogP contribution in [-0.4, -0.2) is 37.0 Å². The molecule has 0 bridgehead atoms. The van der Waals surface area contributed by atoms with E-state index in [-0.39, 0.29) is 5.91 Å². The molecule has 2 aliphatic heterocycles. The minimum absolute atomic E-state index is 0.0778. The van der Waals surface area contributed by atoms with Gasteiger partial charge in [0, 0.05) is 18.7 Å². The third kappa shape index (κ3) is 3.14. The Balaban J connectivity index is 1.60. The van der Waals surface area contributed by atoms with Gasteiger partial charge in [0.05, 0.1) is 17.5 Å². The van der Waals surface area contributed by atoms with Crippen molar-refractivity contribution in [2.45, 2.75) is 26.2 Å². The number of aryl methyl sites for hydroxylation is 1. The summed E-state index contributed by atoms with van der Waals surface area (Å²) in [4.78, 5) is 17.5. The molecule has 0 atom stereocenters. The maximum atomic E-state index is 13.1. The topological polar surface area (TPSA) is 36.7 Å². The van der Waals surface area contributed by atoms with Gasteiger partial charge in [0.1, 0.15) is 5.76 Å². The van der Waals surface area contributed by atoms with E-state index < -0.39 is 0 Å². The molecule has 2 aliphatic rings. The molecule has 0 radical (unpaired) electrons. The van der Waals surface area contributed by atoms with Gasteiger partial charge in [-0.15, -0.1) is 0 Å². The second-order valence-electron chi connectivity index (χ2n) is 6.90. The summed E-state index contributed by atoms with van der Waals surface area (Å²) in [6.45, 7) is 5.97. The molecule has 1 amide bonds. The normalized spacial score (nSPS) is 19.6. The highest BCUT2D eigenvalue weighted by molar-refractivity contribution is 6.35.